The number of aromatic nitrogens is 1. The zero-order chi connectivity index (χ0) is 11.5. The molecule has 0 aliphatic rings. The van der Waals surface area contributed by atoms with Gasteiger partial charge in [-0.3, -0.25) is 4.79 Å². The summed E-state index contributed by atoms with van der Waals surface area (Å²) in [4.78, 5) is 13.6. The highest BCUT2D eigenvalue weighted by molar-refractivity contribution is 5.29. The first-order valence-corrected chi connectivity index (χ1v) is 4.83. The van der Waals surface area contributed by atoms with Crippen LogP contribution in [0.25, 0.3) is 0 Å². The normalized spacial score (nSPS) is 12.3. The quantitative estimate of drug-likeness (QED) is 0.706. The summed E-state index contributed by atoms with van der Waals surface area (Å²) < 4.78 is 0. The molecule has 3 N–H and O–H groups in total. The van der Waals surface area contributed by atoms with E-state index < -0.39 is 11.7 Å². The topological polar surface area (TPSA) is 73.3 Å². The second-order valence-electron chi connectivity index (χ2n) is 3.47. The highest BCUT2D eigenvalue weighted by atomic mass is 16.3. The molecule has 1 heterocycles. The maximum Gasteiger partial charge on any atom is 0.251 e. The van der Waals surface area contributed by atoms with Crippen molar-refractivity contribution < 1.29 is 10.2 Å². The molecule has 0 bridgehead atoms. The molecule has 4 nitrogen and oxygen atoms in total. The summed E-state index contributed by atoms with van der Waals surface area (Å²) >= 11 is 0. The molecule has 2 rings (SSSR count). The number of hydrogen-bond acceptors (Lipinski definition) is 3. The van der Waals surface area contributed by atoms with Crippen LogP contribution in [-0.4, -0.2) is 15.2 Å². The van der Waals surface area contributed by atoms with Gasteiger partial charge in [0.25, 0.3) is 5.56 Å². The first-order valence-electron chi connectivity index (χ1n) is 4.83. The van der Waals surface area contributed by atoms with E-state index in [1.165, 1.54) is 6.07 Å². The Balaban J connectivity index is 2.41. The van der Waals surface area contributed by atoms with E-state index in [1.807, 2.05) is 6.07 Å². The molecule has 1 atom stereocenters. The molecule has 1 aromatic carbocycles. The van der Waals surface area contributed by atoms with Crippen molar-refractivity contribution >= 4 is 0 Å². The van der Waals surface area contributed by atoms with E-state index in [2.05, 4.69) is 4.98 Å². The average molecular weight is 217 g/mol. The summed E-state index contributed by atoms with van der Waals surface area (Å²) in [5, 5.41) is 19.2. The Morgan fingerprint density at radius 2 is 1.81 bits per heavy atom. The van der Waals surface area contributed by atoms with Gasteiger partial charge < -0.3 is 15.2 Å². The summed E-state index contributed by atoms with van der Waals surface area (Å²) in [6.07, 6.45) is -0.944. The average Bonchev–Trinajstić information content (AvgIpc) is 2.28. The summed E-state index contributed by atoms with van der Waals surface area (Å²) in [5.41, 5.74) is 0.491. The fourth-order valence-corrected chi connectivity index (χ4v) is 1.51. The van der Waals surface area contributed by atoms with Crippen molar-refractivity contribution in [1.29, 1.82) is 0 Å². The van der Waals surface area contributed by atoms with Gasteiger partial charge in [0.15, 0.2) is 0 Å². The first kappa shape index (κ1) is 10.4. The van der Waals surface area contributed by atoms with Crippen LogP contribution in [0.2, 0.25) is 0 Å². The van der Waals surface area contributed by atoms with Gasteiger partial charge >= 0.3 is 0 Å². The van der Waals surface area contributed by atoms with E-state index in [0.717, 1.165) is 6.07 Å². The summed E-state index contributed by atoms with van der Waals surface area (Å²) in [5.74, 6) is -0.159. The number of pyridine rings is 1. The molecular formula is C12H11NO3. The van der Waals surface area contributed by atoms with Crippen LogP contribution in [0.5, 0.6) is 5.75 Å². The molecule has 0 amide bonds. The monoisotopic (exact) mass is 217 g/mol. The van der Waals surface area contributed by atoms with E-state index in [1.54, 1.807) is 24.3 Å². The van der Waals surface area contributed by atoms with Gasteiger partial charge in [-0.2, -0.15) is 0 Å². The Morgan fingerprint density at radius 1 is 1.12 bits per heavy atom. The minimum Gasteiger partial charge on any atom is -0.508 e. The van der Waals surface area contributed by atoms with E-state index in [0.29, 0.717) is 5.56 Å². The molecule has 0 spiro atoms. The molecule has 0 radical (unpaired) electrons. The molecule has 1 unspecified atom stereocenters. The van der Waals surface area contributed by atoms with Crippen LogP contribution < -0.4 is 5.56 Å². The lowest BCUT2D eigenvalue weighted by molar-refractivity contribution is 0.214. The molecule has 0 aliphatic carbocycles. The van der Waals surface area contributed by atoms with Crippen LogP contribution >= 0.6 is 0 Å². The Morgan fingerprint density at radius 3 is 2.44 bits per heavy atom. The van der Waals surface area contributed by atoms with Crippen molar-refractivity contribution in [3.8, 4) is 5.75 Å². The minimum absolute atomic E-state index is 0.159. The molecular weight excluding hydrogens is 206 g/mol. The lowest BCUT2D eigenvalue weighted by atomic mass is 10.1. The van der Waals surface area contributed by atoms with Crippen LogP contribution in [0.1, 0.15) is 17.4 Å². The number of nitrogens with one attached hydrogen (secondary N) is 1. The van der Waals surface area contributed by atoms with E-state index in [-0.39, 0.29) is 11.4 Å². The summed E-state index contributed by atoms with van der Waals surface area (Å²) in [6, 6.07) is 11.3. The molecule has 0 saturated carbocycles. The number of H-pyrrole nitrogens is 1. The SMILES string of the molecule is O=c1cc(O)cc(C(O)c2ccccc2)[nH]1. The van der Waals surface area contributed by atoms with Gasteiger partial charge in [-0.1, -0.05) is 30.3 Å². The highest BCUT2D eigenvalue weighted by Gasteiger charge is 2.11. The van der Waals surface area contributed by atoms with Crippen LogP contribution in [0.3, 0.4) is 0 Å². The third kappa shape index (κ3) is 2.12. The molecule has 2 aromatic rings. The van der Waals surface area contributed by atoms with Crippen LogP contribution in [0.4, 0.5) is 0 Å². The van der Waals surface area contributed by atoms with Crippen molar-refractivity contribution in [3.05, 3.63) is 64.1 Å². The van der Waals surface area contributed by atoms with Crippen LogP contribution in [0, 0.1) is 0 Å². The van der Waals surface area contributed by atoms with Gasteiger partial charge in [0.2, 0.25) is 0 Å². The van der Waals surface area contributed by atoms with E-state index in [9.17, 15) is 15.0 Å². The number of benzene rings is 1. The third-order valence-corrected chi connectivity index (χ3v) is 2.26. The van der Waals surface area contributed by atoms with Crippen molar-refractivity contribution in [2.75, 3.05) is 0 Å². The van der Waals surface area contributed by atoms with Crippen molar-refractivity contribution in [3.63, 3.8) is 0 Å². The second-order valence-corrected chi connectivity index (χ2v) is 3.47. The highest BCUT2D eigenvalue weighted by Crippen LogP contribution is 2.20. The molecule has 16 heavy (non-hydrogen) atoms. The Kier molecular flexibility index (Phi) is 2.74. The Bertz CT molecular complexity index is 533. The number of aliphatic hydroxyl groups is 1. The van der Waals surface area contributed by atoms with E-state index >= 15 is 0 Å². The number of aromatic amines is 1. The molecule has 4 heteroatoms. The lowest BCUT2D eigenvalue weighted by Gasteiger charge is -2.10. The number of rotatable bonds is 2. The fourth-order valence-electron chi connectivity index (χ4n) is 1.51. The van der Waals surface area contributed by atoms with Crippen LogP contribution in [-0.2, 0) is 0 Å². The van der Waals surface area contributed by atoms with Gasteiger partial charge in [-0.25, -0.2) is 0 Å². The minimum atomic E-state index is -0.944. The first-order chi connectivity index (χ1) is 7.66. The fraction of sp³-hybridized carbons (Fsp3) is 0.0833. The largest absolute Gasteiger partial charge is 0.508 e. The maximum absolute atomic E-state index is 11.1. The number of hydrogen-bond donors (Lipinski definition) is 3. The van der Waals surface area contributed by atoms with Gasteiger partial charge in [-0.15, -0.1) is 0 Å². The Hall–Kier alpha value is -2.07. The van der Waals surface area contributed by atoms with Crippen molar-refractivity contribution in [2.45, 2.75) is 6.10 Å². The molecule has 0 aliphatic heterocycles. The Labute approximate surface area is 91.8 Å². The molecule has 1 aromatic heterocycles. The predicted molar refractivity (Wildman–Crippen MR) is 59.2 cm³/mol. The third-order valence-electron chi connectivity index (χ3n) is 2.26. The van der Waals surface area contributed by atoms with Crippen molar-refractivity contribution in [2.24, 2.45) is 0 Å². The summed E-state index contributed by atoms with van der Waals surface area (Å²) in [7, 11) is 0. The second kappa shape index (κ2) is 4.20. The smallest absolute Gasteiger partial charge is 0.251 e. The van der Waals surface area contributed by atoms with Crippen molar-refractivity contribution in [1.82, 2.24) is 4.98 Å². The molecule has 82 valence electrons. The number of aliphatic hydroxyl groups excluding tert-OH is 1. The number of aromatic hydroxyl groups is 1. The van der Waals surface area contributed by atoms with Gasteiger partial charge in [0.1, 0.15) is 11.9 Å². The van der Waals surface area contributed by atoms with Gasteiger partial charge in [-0.05, 0) is 5.56 Å². The van der Waals surface area contributed by atoms with Gasteiger partial charge in [0, 0.05) is 12.1 Å². The predicted octanol–water partition coefficient (Wildman–Crippen LogP) is 1.16. The molecule has 0 fully saturated rings. The standard InChI is InChI=1S/C12H11NO3/c14-9-6-10(13-11(15)7-9)12(16)8-4-2-1-3-5-8/h1-7,12,16H,(H2,13,14,15). The van der Waals surface area contributed by atoms with E-state index in [4.69, 9.17) is 0 Å². The lowest BCUT2D eigenvalue weighted by Crippen LogP contribution is -2.11. The zero-order valence-corrected chi connectivity index (χ0v) is 8.42. The van der Waals surface area contributed by atoms with Gasteiger partial charge in [0.05, 0.1) is 5.69 Å². The molecule has 0 saturated heterocycles. The van der Waals surface area contributed by atoms with Crippen LogP contribution in [0.15, 0.2) is 47.3 Å². The zero-order valence-electron chi connectivity index (χ0n) is 8.42. The maximum atomic E-state index is 11.1. The summed E-state index contributed by atoms with van der Waals surface area (Å²) in [6.45, 7) is 0.